The van der Waals surface area contributed by atoms with Crippen molar-refractivity contribution in [3.63, 3.8) is 0 Å². The molecule has 5 rings (SSSR count). The number of benzene rings is 2. The second-order valence-electron chi connectivity index (χ2n) is 9.05. The molecular weight excluding hydrogens is 552 g/mol. The molecule has 202 valence electrons. The molecule has 0 aliphatic carbocycles. The molecule has 3 heterocycles. The van der Waals surface area contributed by atoms with E-state index in [0.29, 0.717) is 41.7 Å². The number of alkyl halides is 3. The molecule has 0 atom stereocenters. The van der Waals surface area contributed by atoms with E-state index in [9.17, 15) is 18.0 Å². The Morgan fingerprint density at radius 2 is 1.92 bits per heavy atom. The van der Waals surface area contributed by atoms with E-state index >= 15 is 0 Å². The maximum absolute atomic E-state index is 13.4. The van der Waals surface area contributed by atoms with Crippen LogP contribution in [0.15, 0.2) is 66.9 Å². The van der Waals surface area contributed by atoms with Crippen molar-refractivity contribution in [3.05, 3.63) is 99.4 Å². The molecule has 1 aliphatic heterocycles. The smallest absolute Gasteiger partial charge is 0.406 e. The fourth-order valence-corrected chi connectivity index (χ4v) is 5.18. The van der Waals surface area contributed by atoms with E-state index in [-0.39, 0.29) is 11.8 Å². The highest BCUT2D eigenvalue weighted by Gasteiger charge is 2.31. The number of aromatic nitrogens is 2. The Hall–Kier alpha value is -3.53. The van der Waals surface area contributed by atoms with E-state index in [1.165, 1.54) is 12.1 Å². The minimum atomic E-state index is -4.72. The van der Waals surface area contributed by atoms with Crippen LogP contribution < -0.4 is 10.1 Å². The first-order valence-corrected chi connectivity index (χ1v) is 12.9. The zero-order chi connectivity index (χ0) is 27.6. The molecule has 0 unspecified atom stereocenters. The normalized spacial score (nSPS) is 14.1. The van der Waals surface area contributed by atoms with Gasteiger partial charge in [-0.1, -0.05) is 59.6 Å². The van der Waals surface area contributed by atoms with Gasteiger partial charge in [-0.25, -0.2) is 9.78 Å². The standard InChI is InChI=1S/C28H23Cl2F3N4O2/c29-23-5-1-4-21-22-17-36(13-2-3-18-6-8-20(9-7-18)39-28(31,32)33)14-11-24(22)37(26(21)23)27(38)35-16-19-10-12-34-25(30)15-19/h1-10,12,15H,11,13-14,16-17H2,(H,35,38). The first-order valence-electron chi connectivity index (χ1n) is 12.1. The number of rotatable bonds is 6. The second kappa shape index (κ2) is 11.3. The Labute approximate surface area is 232 Å². The average Bonchev–Trinajstić information content (AvgIpc) is 3.23. The Kier molecular flexibility index (Phi) is 7.83. The fourth-order valence-electron chi connectivity index (χ4n) is 4.72. The lowest BCUT2D eigenvalue weighted by Gasteiger charge is -2.27. The van der Waals surface area contributed by atoms with Crippen LogP contribution in [0.1, 0.15) is 22.4 Å². The second-order valence-corrected chi connectivity index (χ2v) is 9.84. The van der Waals surface area contributed by atoms with Crippen molar-refractivity contribution < 1.29 is 22.7 Å². The molecule has 6 nitrogen and oxygen atoms in total. The molecule has 1 N–H and O–H groups in total. The predicted octanol–water partition coefficient (Wildman–Crippen LogP) is 7.07. The van der Waals surface area contributed by atoms with Crippen LogP contribution in [0.4, 0.5) is 18.0 Å². The topological polar surface area (TPSA) is 59.4 Å². The van der Waals surface area contributed by atoms with Crippen LogP contribution in [-0.4, -0.2) is 39.9 Å². The summed E-state index contributed by atoms with van der Waals surface area (Å²) in [5.41, 5.74) is 4.23. The number of para-hydroxylation sites is 1. The molecule has 0 radical (unpaired) electrons. The van der Waals surface area contributed by atoms with Crippen LogP contribution in [0.25, 0.3) is 17.0 Å². The summed E-state index contributed by atoms with van der Waals surface area (Å²) in [6, 6.07) is 14.5. The van der Waals surface area contributed by atoms with E-state index in [1.54, 1.807) is 41.1 Å². The van der Waals surface area contributed by atoms with Gasteiger partial charge in [-0.3, -0.25) is 9.47 Å². The van der Waals surface area contributed by atoms with Crippen molar-refractivity contribution in [2.75, 3.05) is 13.1 Å². The summed E-state index contributed by atoms with van der Waals surface area (Å²) in [6.07, 6.45) is 1.34. The Morgan fingerprint density at radius 3 is 2.67 bits per heavy atom. The fraction of sp³-hybridized carbons (Fsp3) is 0.214. The summed E-state index contributed by atoms with van der Waals surface area (Å²) in [6.45, 7) is 2.26. The number of nitrogens with zero attached hydrogens (tertiary/aromatic N) is 3. The van der Waals surface area contributed by atoms with E-state index < -0.39 is 6.36 Å². The van der Waals surface area contributed by atoms with Crippen molar-refractivity contribution in [1.82, 2.24) is 19.8 Å². The summed E-state index contributed by atoms with van der Waals surface area (Å²) >= 11 is 12.5. The van der Waals surface area contributed by atoms with Crippen LogP contribution in [0.2, 0.25) is 10.2 Å². The number of ether oxygens (including phenoxy) is 1. The van der Waals surface area contributed by atoms with Gasteiger partial charge >= 0.3 is 12.4 Å². The molecule has 4 aromatic rings. The Balaban J connectivity index is 1.31. The van der Waals surface area contributed by atoms with Crippen molar-refractivity contribution in [3.8, 4) is 5.75 Å². The first kappa shape index (κ1) is 27.1. The van der Waals surface area contributed by atoms with E-state index in [2.05, 4.69) is 19.9 Å². The third kappa shape index (κ3) is 6.38. The van der Waals surface area contributed by atoms with Gasteiger partial charge in [0, 0.05) is 49.9 Å². The zero-order valence-corrected chi connectivity index (χ0v) is 22.0. The van der Waals surface area contributed by atoms with Gasteiger partial charge in [-0.15, -0.1) is 13.2 Å². The highest BCUT2D eigenvalue weighted by atomic mass is 35.5. The van der Waals surface area contributed by atoms with Gasteiger partial charge in [0.1, 0.15) is 10.9 Å². The monoisotopic (exact) mass is 574 g/mol. The molecular formula is C28H23Cl2F3N4O2. The van der Waals surface area contributed by atoms with Crippen LogP contribution in [0, 0.1) is 0 Å². The van der Waals surface area contributed by atoms with E-state index in [1.807, 2.05) is 24.3 Å². The van der Waals surface area contributed by atoms with E-state index in [0.717, 1.165) is 34.3 Å². The summed E-state index contributed by atoms with van der Waals surface area (Å²) < 4.78 is 42.7. The molecule has 0 saturated heterocycles. The molecule has 0 bridgehead atoms. The molecule has 39 heavy (non-hydrogen) atoms. The first-order chi connectivity index (χ1) is 18.7. The highest BCUT2D eigenvalue weighted by Crippen LogP contribution is 2.35. The van der Waals surface area contributed by atoms with Crippen molar-refractivity contribution in [2.45, 2.75) is 25.9 Å². The Morgan fingerprint density at radius 1 is 1.13 bits per heavy atom. The quantitative estimate of drug-likeness (QED) is 0.250. The van der Waals surface area contributed by atoms with Crippen molar-refractivity contribution in [1.29, 1.82) is 0 Å². The number of pyridine rings is 1. The van der Waals surface area contributed by atoms with E-state index in [4.69, 9.17) is 23.2 Å². The van der Waals surface area contributed by atoms with Crippen LogP contribution >= 0.6 is 23.2 Å². The average molecular weight is 575 g/mol. The number of carbonyl (C=O) groups is 1. The number of hydrogen-bond acceptors (Lipinski definition) is 4. The maximum atomic E-state index is 13.4. The third-order valence-electron chi connectivity index (χ3n) is 6.43. The molecule has 0 fully saturated rings. The zero-order valence-electron chi connectivity index (χ0n) is 20.5. The van der Waals surface area contributed by atoms with Gasteiger partial charge in [-0.2, -0.15) is 0 Å². The van der Waals surface area contributed by atoms with Gasteiger partial charge < -0.3 is 10.1 Å². The lowest BCUT2D eigenvalue weighted by atomic mass is 10.0. The predicted molar refractivity (Wildman–Crippen MR) is 145 cm³/mol. The maximum Gasteiger partial charge on any atom is 0.573 e. The number of hydrogen-bond donors (Lipinski definition) is 1. The van der Waals surface area contributed by atoms with Gasteiger partial charge in [0.05, 0.1) is 10.5 Å². The van der Waals surface area contributed by atoms with Gasteiger partial charge in [0.2, 0.25) is 0 Å². The lowest BCUT2D eigenvalue weighted by molar-refractivity contribution is -0.274. The number of carbonyl (C=O) groups excluding carboxylic acids is 1. The molecule has 0 saturated carbocycles. The van der Waals surface area contributed by atoms with Crippen LogP contribution in [0.3, 0.4) is 0 Å². The Bertz CT molecular complexity index is 1530. The number of amides is 1. The van der Waals surface area contributed by atoms with Gasteiger partial charge in [0.25, 0.3) is 0 Å². The van der Waals surface area contributed by atoms with Gasteiger partial charge in [-0.05, 0) is 47.0 Å². The van der Waals surface area contributed by atoms with Crippen LogP contribution in [-0.2, 0) is 19.5 Å². The lowest BCUT2D eigenvalue weighted by Crippen LogP contribution is -2.34. The minimum absolute atomic E-state index is 0.258. The molecule has 11 heteroatoms. The number of nitrogens with one attached hydrogen (secondary N) is 1. The van der Waals surface area contributed by atoms with Crippen LogP contribution in [0.5, 0.6) is 5.75 Å². The van der Waals surface area contributed by atoms with Crippen molar-refractivity contribution in [2.24, 2.45) is 0 Å². The molecule has 0 spiro atoms. The largest absolute Gasteiger partial charge is 0.573 e. The summed E-state index contributed by atoms with van der Waals surface area (Å²) in [5.74, 6) is -0.258. The molecule has 1 aliphatic rings. The molecule has 1 amide bonds. The van der Waals surface area contributed by atoms with Crippen molar-refractivity contribution >= 4 is 46.2 Å². The number of halogens is 5. The molecule has 2 aromatic heterocycles. The summed E-state index contributed by atoms with van der Waals surface area (Å²) in [7, 11) is 0. The number of fused-ring (bicyclic) bond motifs is 3. The summed E-state index contributed by atoms with van der Waals surface area (Å²) in [4.78, 5) is 19.6. The minimum Gasteiger partial charge on any atom is -0.406 e. The van der Waals surface area contributed by atoms with Gasteiger partial charge in [0.15, 0.2) is 0 Å². The summed E-state index contributed by atoms with van der Waals surface area (Å²) in [5, 5.41) is 4.74. The molecule has 2 aromatic carbocycles. The third-order valence-corrected chi connectivity index (χ3v) is 6.94. The SMILES string of the molecule is O=C(NCc1ccnc(Cl)c1)n1c2c(c3cccc(Cl)c31)CN(CC=Cc1ccc(OC(F)(F)F)cc1)CC2. The highest BCUT2D eigenvalue weighted by molar-refractivity contribution is 6.35.